The average Bonchev–Trinajstić information content (AvgIpc) is 3.22. The molecule has 5 heteroatoms. The van der Waals surface area contributed by atoms with E-state index in [9.17, 15) is 9.18 Å². The first-order chi connectivity index (χ1) is 12.2. The van der Waals surface area contributed by atoms with Gasteiger partial charge in [0.2, 0.25) is 0 Å². The molecular formula is C20H16FN3O. The molecule has 3 N–H and O–H groups in total. The number of hydrogen-bond acceptors (Lipinski definition) is 2. The molecule has 0 saturated heterocycles. The van der Waals surface area contributed by atoms with Crippen LogP contribution in [0.25, 0.3) is 11.6 Å². The molecule has 4 nitrogen and oxygen atoms in total. The highest BCUT2D eigenvalue weighted by molar-refractivity contribution is 6.35. The predicted octanol–water partition coefficient (Wildman–Crippen LogP) is 4.26. The molecule has 1 aromatic heterocycles. The maximum absolute atomic E-state index is 13.3. The topological polar surface area (TPSA) is 56.9 Å². The fourth-order valence-corrected chi connectivity index (χ4v) is 2.88. The molecule has 1 aliphatic rings. The van der Waals surface area contributed by atoms with E-state index in [0.717, 1.165) is 28.2 Å². The summed E-state index contributed by atoms with van der Waals surface area (Å²) in [7, 11) is 0. The molecule has 0 atom stereocenters. The Kier molecular flexibility index (Phi) is 3.82. The van der Waals surface area contributed by atoms with Gasteiger partial charge in [0.15, 0.2) is 0 Å². The minimum Gasteiger partial charge on any atom is -0.381 e. The summed E-state index contributed by atoms with van der Waals surface area (Å²) in [5, 5.41) is 6.14. The quantitative estimate of drug-likeness (QED) is 0.625. The Morgan fingerprint density at radius 1 is 1.08 bits per heavy atom. The van der Waals surface area contributed by atoms with Gasteiger partial charge in [-0.1, -0.05) is 12.1 Å². The van der Waals surface area contributed by atoms with Crippen molar-refractivity contribution in [2.75, 3.05) is 10.6 Å². The van der Waals surface area contributed by atoms with E-state index in [1.165, 1.54) is 12.1 Å². The fourth-order valence-electron chi connectivity index (χ4n) is 2.88. The third-order valence-corrected chi connectivity index (χ3v) is 4.11. The minimum atomic E-state index is -0.251. The van der Waals surface area contributed by atoms with E-state index >= 15 is 0 Å². The lowest BCUT2D eigenvalue weighted by Gasteiger charge is -2.08. The van der Waals surface area contributed by atoms with Gasteiger partial charge in [-0.25, -0.2) is 4.39 Å². The van der Waals surface area contributed by atoms with Gasteiger partial charge in [0.25, 0.3) is 5.91 Å². The first-order valence-electron chi connectivity index (χ1n) is 7.98. The zero-order valence-corrected chi connectivity index (χ0v) is 13.3. The molecule has 0 bridgehead atoms. The van der Waals surface area contributed by atoms with Gasteiger partial charge in [0, 0.05) is 35.4 Å². The van der Waals surface area contributed by atoms with Crippen LogP contribution in [0, 0.1) is 5.82 Å². The number of H-pyrrole nitrogens is 1. The number of aromatic amines is 1. The first kappa shape index (κ1) is 15.2. The van der Waals surface area contributed by atoms with E-state index in [4.69, 9.17) is 0 Å². The van der Waals surface area contributed by atoms with E-state index < -0.39 is 0 Å². The van der Waals surface area contributed by atoms with Crippen molar-refractivity contribution in [2.24, 2.45) is 0 Å². The van der Waals surface area contributed by atoms with E-state index in [1.54, 1.807) is 6.07 Å². The van der Waals surface area contributed by atoms with Crippen LogP contribution in [-0.2, 0) is 11.3 Å². The Balaban J connectivity index is 1.59. The maximum Gasteiger partial charge on any atom is 0.256 e. The van der Waals surface area contributed by atoms with Crippen molar-refractivity contribution in [1.82, 2.24) is 4.98 Å². The van der Waals surface area contributed by atoms with Crippen LogP contribution in [0.4, 0.5) is 15.8 Å². The Morgan fingerprint density at radius 3 is 2.80 bits per heavy atom. The lowest BCUT2D eigenvalue weighted by atomic mass is 10.1. The summed E-state index contributed by atoms with van der Waals surface area (Å²) in [4.78, 5) is 15.3. The molecule has 1 aliphatic heterocycles. The molecule has 0 unspecified atom stereocenters. The Morgan fingerprint density at radius 2 is 2.00 bits per heavy atom. The number of benzene rings is 2. The van der Waals surface area contributed by atoms with E-state index in [0.29, 0.717) is 12.1 Å². The molecule has 0 saturated carbocycles. The normalized spacial score (nSPS) is 14.4. The second-order valence-corrected chi connectivity index (χ2v) is 5.88. The van der Waals surface area contributed by atoms with E-state index in [2.05, 4.69) is 15.6 Å². The molecule has 2 heterocycles. The lowest BCUT2D eigenvalue weighted by Crippen LogP contribution is -2.03. The van der Waals surface area contributed by atoms with Crippen molar-refractivity contribution in [2.45, 2.75) is 6.54 Å². The summed E-state index contributed by atoms with van der Waals surface area (Å²) >= 11 is 0. The highest BCUT2D eigenvalue weighted by atomic mass is 19.1. The number of fused-ring (bicyclic) bond motifs is 1. The molecule has 4 rings (SSSR count). The molecule has 3 aromatic rings. The zero-order valence-electron chi connectivity index (χ0n) is 13.3. The summed E-state index contributed by atoms with van der Waals surface area (Å²) in [5.41, 5.74) is 4.86. The average molecular weight is 333 g/mol. The second kappa shape index (κ2) is 6.28. The number of carbonyl (C=O) groups is 1. The summed E-state index contributed by atoms with van der Waals surface area (Å²) < 4.78 is 13.3. The van der Waals surface area contributed by atoms with Gasteiger partial charge in [-0.3, -0.25) is 4.79 Å². The molecule has 0 radical (unpaired) electrons. The maximum atomic E-state index is 13.3. The molecule has 25 heavy (non-hydrogen) atoms. The Bertz CT molecular complexity index is 961. The van der Waals surface area contributed by atoms with Crippen molar-refractivity contribution >= 4 is 28.9 Å². The third kappa shape index (κ3) is 3.17. The number of rotatable bonds is 4. The number of amides is 1. The van der Waals surface area contributed by atoms with Gasteiger partial charge in [0.05, 0.1) is 5.57 Å². The highest BCUT2D eigenvalue weighted by Gasteiger charge is 2.24. The summed E-state index contributed by atoms with van der Waals surface area (Å²) in [6.07, 6.45) is 3.65. The van der Waals surface area contributed by atoms with E-state index in [-0.39, 0.29) is 11.7 Å². The van der Waals surface area contributed by atoms with Crippen LogP contribution < -0.4 is 10.6 Å². The third-order valence-electron chi connectivity index (χ3n) is 4.11. The number of aromatic nitrogens is 1. The first-order valence-corrected chi connectivity index (χ1v) is 7.98. The predicted molar refractivity (Wildman–Crippen MR) is 97.5 cm³/mol. The standard InChI is InChI=1S/C20H16FN3O/c21-14-4-1-3-13(9-14)12-23-16-6-7-19-17(10-16)18(20(25)24-19)11-15-5-2-8-22-15/h1-11,22-23H,12H2,(H,24,25). The number of anilines is 2. The smallest absolute Gasteiger partial charge is 0.256 e. The van der Waals surface area contributed by atoms with Gasteiger partial charge < -0.3 is 15.6 Å². The zero-order chi connectivity index (χ0) is 17.2. The molecular weight excluding hydrogens is 317 g/mol. The number of carbonyl (C=O) groups excluding carboxylic acids is 1. The van der Waals surface area contributed by atoms with Crippen molar-refractivity contribution in [3.8, 4) is 0 Å². The lowest BCUT2D eigenvalue weighted by molar-refractivity contribution is -0.110. The highest BCUT2D eigenvalue weighted by Crippen LogP contribution is 2.35. The SMILES string of the molecule is O=C1Nc2ccc(NCc3cccc(F)c3)cc2C1=Cc1ccc[nH]1. The van der Waals surface area contributed by atoms with E-state index in [1.807, 2.05) is 48.7 Å². The molecule has 124 valence electrons. The van der Waals surface area contributed by atoms with Crippen molar-refractivity contribution < 1.29 is 9.18 Å². The molecule has 1 amide bonds. The molecule has 0 fully saturated rings. The van der Waals surface area contributed by atoms with Crippen LogP contribution in [0.1, 0.15) is 16.8 Å². The van der Waals surface area contributed by atoms with Crippen LogP contribution in [0.3, 0.4) is 0 Å². The molecule has 0 spiro atoms. The van der Waals surface area contributed by atoms with Crippen LogP contribution in [0.5, 0.6) is 0 Å². The van der Waals surface area contributed by atoms with Crippen LogP contribution in [0.2, 0.25) is 0 Å². The van der Waals surface area contributed by atoms with Crippen LogP contribution >= 0.6 is 0 Å². The van der Waals surface area contributed by atoms with Gasteiger partial charge >= 0.3 is 0 Å². The largest absolute Gasteiger partial charge is 0.381 e. The van der Waals surface area contributed by atoms with Crippen molar-refractivity contribution in [3.05, 3.63) is 83.4 Å². The molecule has 2 aromatic carbocycles. The van der Waals surface area contributed by atoms with Gasteiger partial charge in [0.1, 0.15) is 5.82 Å². The summed E-state index contributed by atoms with van der Waals surface area (Å²) in [6.45, 7) is 0.508. The number of hydrogen-bond donors (Lipinski definition) is 3. The van der Waals surface area contributed by atoms with Crippen LogP contribution in [0.15, 0.2) is 60.8 Å². The monoisotopic (exact) mass is 333 g/mol. The van der Waals surface area contributed by atoms with Crippen molar-refractivity contribution in [1.29, 1.82) is 0 Å². The number of nitrogens with one attached hydrogen (secondary N) is 3. The Hall–Kier alpha value is -3.34. The van der Waals surface area contributed by atoms with Gasteiger partial charge in [-0.15, -0.1) is 0 Å². The fraction of sp³-hybridized carbons (Fsp3) is 0.0500. The van der Waals surface area contributed by atoms with Crippen LogP contribution in [-0.4, -0.2) is 10.9 Å². The van der Waals surface area contributed by atoms with Crippen molar-refractivity contribution in [3.63, 3.8) is 0 Å². The molecule has 0 aliphatic carbocycles. The number of halogens is 1. The Labute approximate surface area is 144 Å². The van der Waals surface area contributed by atoms with Gasteiger partial charge in [-0.05, 0) is 54.1 Å². The summed E-state index contributed by atoms with van der Waals surface area (Å²) in [6, 6.07) is 16.0. The van der Waals surface area contributed by atoms with Gasteiger partial charge in [-0.2, -0.15) is 0 Å². The minimum absolute atomic E-state index is 0.119. The summed E-state index contributed by atoms with van der Waals surface area (Å²) in [5.74, 6) is -0.369. The second-order valence-electron chi connectivity index (χ2n) is 5.88.